The maximum Gasteiger partial charge on any atom is 0.218 e. The van der Waals surface area contributed by atoms with Gasteiger partial charge in [0.15, 0.2) is 0 Å². The highest BCUT2D eigenvalue weighted by Crippen LogP contribution is 2.15. The van der Waals surface area contributed by atoms with Crippen LogP contribution in [0.25, 0.3) is 0 Å². The van der Waals surface area contributed by atoms with Crippen molar-refractivity contribution in [3.8, 4) is 0 Å². The lowest BCUT2D eigenvalue weighted by molar-refractivity contribution is 0.360. The molecule has 2 rings (SSSR count). The molecule has 0 radical (unpaired) electrons. The molecule has 0 fully saturated rings. The SMILES string of the molecule is C[C@@H](CCc1ccco1)N(C)S(=O)(=O)Cc1ccccc1. The predicted octanol–water partition coefficient (Wildman–Crippen LogP) is 3.06. The predicted molar refractivity (Wildman–Crippen MR) is 83.3 cm³/mol. The number of sulfonamides is 1. The van der Waals surface area contributed by atoms with Crippen LogP contribution >= 0.6 is 0 Å². The van der Waals surface area contributed by atoms with Crippen LogP contribution in [0, 0.1) is 0 Å². The van der Waals surface area contributed by atoms with Crippen molar-refractivity contribution in [3.63, 3.8) is 0 Å². The van der Waals surface area contributed by atoms with Crippen molar-refractivity contribution < 1.29 is 12.8 Å². The first-order valence-corrected chi connectivity index (χ1v) is 8.62. The highest BCUT2D eigenvalue weighted by molar-refractivity contribution is 7.88. The monoisotopic (exact) mass is 307 g/mol. The molecule has 0 unspecified atom stereocenters. The molecule has 0 saturated heterocycles. The highest BCUT2D eigenvalue weighted by atomic mass is 32.2. The quantitative estimate of drug-likeness (QED) is 0.790. The molecule has 0 saturated carbocycles. The van der Waals surface area contributed by atoms with Gasteiger partial charge in [-0.05, 0) is 31.0 Å². The third kappa shape index (κ3) is 4.44. The zero-order chi connectivity index (χ0) is 15.3. The van der Waals surface area contributed by atoms with Gasteiger partial charge < -0.3 is 4.42 Å². The molecule has 1 aromatic heterocycles. The van der Waals surface area contributed by atoms with Gasteiger partial charge in [-0.25, -0.2) is 12.7 Å². The topological polar surface area (TPSA) is 50.5 Å². The normalized spacial score (nSPS) is 13.5. The van der Waals surface area contributed by atoms with Crippen LogP contribution in [0.1, 0.15) is 24.7 Å². The Bertz CT molecular complexity index is 635. The second kappa shape index (κ2) is 6.91. The Labute approximate surface area is 126 Å². The third-order valence-electron chi connectivity index (χ3n) is 3.64. The Morgan fingerprint density at radius 1 is 1.14 bits per heavy atom. The van der Waals surface area contributed by atoms with Gasteiger partial charge in [0.1, 0.15) is 5.76 Å². The Kier molecular flexibility index (Phi) is 5.20. The van der Waals surface area contributed by atoms with Crippen molar-refractivity contribution in [2.24, 2.45) is 0 Å². The lowest BCUT2D eigenvalue weighted by atomic mass is 10.1. The van der Waals surface area contributed by atoms with Crippen LogP contribution in [0.5, 0.6) is 0 Å². The fourth-order valence-corrected chi connectivity index (χ4v) is 3.62. The van der Waals surface area contributed by atoms with E-state index in [0.717, 1.165) is 24.2 Å². The molecular weight excluding hydrogens is 286 g/mol. The molecule has 0 N–H and O–H groups in total. The minimum Gasteiger partial charge on any atom is -0.469 e. The van der Waals surface area contributed by atoms with Gasteiger partial charge in [0.25, 0.3) is 0 Å². The number of hydrogen-bond acceptors (Lipinski definition) is 3. The first-order valence-electron chi connectivity index (χ1n) is 7.01. The highest BCUT2D eigenvalue weighted by Gasteiger charge is 2.23. The average molecular weight is 307 g/mol. The number of aryl methyl sites for hydroxylation is 1. The fourth-order valence-electron chi connectivity index (χ4n) is 2.15. The molecule has 2 aromatic rings. The maximum atomic E-state index is 12.4. The van der Waals surface area contributed by atoms with E-state index < -0.39 is 10.0 Å². The molecule has 4 nitrogen and oxygen atoms in total. The van der Waals surface area contributed by atoms with Crippen LogP contribution in [0.4, 0.5) is 0 Å². The van der Waals surface area contributed by atoms with E-state index in [2.05, 4.69) is 0 Å². The molecule has 114 valence electrons. The summed E-state index contributed by atoms with van der Waals surface area (Å²) in [6.07, 6.45) is 3.10. The summed E-state index contributed by atoms with van der Waals surface area (Å²) in [5.74, 6) is 0.922. The Morgan fingerprint density at radius 2 is 1.86 bits per heavy atom. The summed E-state index contributed by atoms with van der Waals surface area (Å²) in [5.41, 5.74) is 0.808. The fraction of sp³-hybridized carbons (Fsp3) is 0.375. The largest absolute Gasteiger partial charge is 0.469 e. The van der Waals surface area contributed by atoms with Crippen LogP contribution in [0.3, 0.4) is 0 Å². The van der Waals surface area contributed by atoms with Crippen LogP contribution < -0.4 is 0 Å². The Morgan fingerprint density at radius 3 is 2.48 bits per heavy atom. The second-order valence-corrected chi connectivity index (χ2v) is 7.25. The van der Waals surface area contributed by atoms with E-state index in [4.69, 9.17) is 4.42 Å². The van der Waals surface area contributed by atoms with Gasteiger partial charge in [0.05, 0.1) is 12.0 Å². The van der Waals surface area contributed by atoms with Gasteiger partial charge in [0, 0.05) is 19.5 Å². The number of furan rings is 1. The summed E-state index contributed by atoms with van der Waals surface area (Å²) in [5, 5.41) is 0. The lowest BCUT2D eigenvalue weighted by Gasteiger charge is -2.24. The van der Waals surface area contributed by atoms with Gasteiger partial charge in [0.2, 0.25) is 10.0 Å². The Balaban J connectivity index is 1.95. The minimum absolute atomic E-state index is 0.0371. The number of rotatable bonds is 7. The van der Waals surface area contributed by atoms with Crippen LogP contribution in [-0.4, -0.2) is 25.8 Å². The van der Waals surface area contributed by atoms with Crippen molar-refractivity contribution in [2.75, 3.05) is 7.05 Å². The second-order valence-electron chi connectivity index (χ2n) is 5.23. The number of benzene rings is 1. The molecule has 0 amide bonds. The first-order chi connectivity index (χ1) is 9.99. The van der Waals surface area contributed by atoms with E-state index in [-0.39, 0.29) is 11.8 Å². The summed E-state index contributed by atoms with van der Waals surface area (Å²) in [4.78, 5) is 0. The standard InChI is InChI=1S/C16H21NO3S/c1-14(10-11-16-9-6-12-20-16)17(2)21(18,19)13-15-7-4-3-5-8-15/h3-9,12,14H,10-11,13H2,1-2H3/t14-/m0/s1. The lowest BCUT2D eigenvalue weighted by Crippen LogP contribution is -2.36. The van der Waals surface area contributed by atoms with E-state index in [0.29, 0.717) is 0 Å². The molecule has 0 aliphatic carbocycles. The average Bonchev–Trinajstić information content (AvgIpc) is 2.98. The van der Waals surface area contributed by atoms with E-state index >= 15 is 0 Å². The van der Waals surface area contributed by atoms with Crippen LogP contribution in [0.2, 0.25) is 0 Å². The van der Waals surface area contributed by atoms with Crippen LogP contribution in [0.15, 0.2) is 53.1 Å². The maximum absolute atomic E-state index is 12.4. The van der Waals surface area contributed by atoms with Crippen molar-refractivity contribution >= 4 is 10.0 Å². The molecule has 1 atom stereocenters. The van der Waals surface area contributed by atoms with Gasteiger partial charge in [-0.15, -0.1) is 0 Å². The molecule has 5 heteroatoms. The van der Waals surface area contributed by atoms with Crippen molar-refractivity contribution in [2.45, 2.75) is 31.6 Å². The van der Waals surface area contributed by atoms with Gasteiger partial charge in [-0.1, -0.05) is 30.3 Å². The molecule has 0 aliphatic rings. The third-order valence-corrected chi connectivity index (χ3v) is 5.58. The van der Waals surface area contributed by atoms with Crippen LogP contribution in [-0.2, 0) is 22.2 Å². The smallest absolute Gasteiger partial charge is 0.218 e. The minimum atomic E-state index is -3.30. The summed E-state index contributed by atoms with van der Waals surface area (Å²) in [6.45, 7) is 1.92. The van der Waals surface area contributed by atoms with E-state index in [1.165, 1.54) is 4.31 Å². The summed E-state index contributed by atoms with van der Waals surface area (Å²) in [6, 6.07) is 12.9. The van der Waals surface area contributed by atoms with E-state index in [1.807, 2.05) is 49.4 Å². The van der Waals surface area contributed by atoms with E-state index in [1.54, 1.807) is 13.3 Å². The molecule has 21 heavy (non-hydrogen) atoms. The molecule has 1 aromatic carbocycles. The van der Waals surface area contributed by atoms with Gasteiger partial charge in [-0.3, -0.25) is 0 Å². The molecule has 0 bridgehead atoms. The molecule has 1 heterocycles. The summed E-state index contributed by atoms with van der Waals surface area (Å²) >= 11 is 0. The zero-order valence-corrected chi connectivity index (χ0v) is 13.2. The number of nitrogens with zero attached hydrogens (tertiary/aromatic N) is 1. The molecular formula is C16H21NO3S. The summed E-state index contributed by atoms with van der Waals surface area (Å²) in [7, 11) is -1.66. The summed E-state index contributed by atoms with van der Waals surface area (Å²) < 4.78 is 31.5. The molecule has 0 aliphatic heterocycles. The van der Waals surface area contributed by atoms with E-state index in [9.17, 15) is 8.42 Å². The Hall–Kier alpha value is -1.59. The van der Waals surface area contributed by atoms with Gasteiger partial charge >= 0.3 is 0 Å². The van der Waals surface area contributed by atoms with Crippen molar-refractivity contribution in [3.05, 3.63) is 60.1 Å². The number of hydrogen-bond donors (Lipinski definition) is 0. The zero-order valence-electron chi connectivity index (χ0n) is 12.4. The van der Waals surface area contributed by atoms with Crippen molar-refractivity contribution in [1.82, 2.24) is 4.31 Å². The first kappa shape index (κ1) is 15.8. The van der Waals surface area contributed by atoms with Gasteiger partial charge in [-0.2, -0.15) is 0 Å². The van der Waals surface area contributed by atoms with Crippen molar-refractivity contribution in [1.29, 1.82) is 0 Å². The molecule has 0 spiro atoms.